The van der Waals surface area contributed by atoms with Gasteiger partial charge in [0.25, 0.3) is 5.91 Å². The molecule has 0 N–H and O–H groups in total. The summed E-state index contributed by atoms with van der Waals surface area (Å²) in [4.78, 5) is 21.5. The third kappa shape index (κ3) is 4.67. The Morgan fingerprint density at radius 1 is 1.16 bits per heavy atom. The van der Waals surface area contributed by atoms with E-state index in [1.165, 1.54) is 25.2 Å². The van der Waals surface area contributed by atoms with Gasteiger partial charge in [0, 0.05) is 37.8 Å². The molecule has 3 aromatic rings. The first-order valence-corrected chi connectivity index (χ1v) is 10.9. The number of nitrogens with zero attached hydrogens (tertiary/aromatic N) is 3. The maximum absolute atomic E-state index is 14.3. The largest absolute Gasteiger partial charge is 0.493 e. The minimum atomic E-state index is -0.755. The lowest BCUT2D eigenvalue weighted by molar-refractivity contribution is 0.0391. The van der Waals surface area contributed by atoms with Crippen molar-refractivity contribution in [3.63, 3.8) is 0 Å². The van der Waals surface area contributed by atoms with Gasteiger partial charge in [-0.25, -0.2) is 13.8 Å². The predicted molar refractivity (Wildman–Crippen MR) is 118 cm³/mol. The summed E-state index contributed by atoms with van der Waals surface area (Å²) in [6, 6.07) is 6.90. The number of hydrogen-bond donors (Lipinski definition) is 0. The number of rotatable bonds is 7. The van der Waals surface area contributed by atoms with Crippen LogP contribution in [0.25, 0.3) is 10.2 Å². The highest BCUT2D eigenvalue weighted by atomic mass is 32.1. The summed E-state index contributed by atoms with van der Waals surface area (Å²) in [5.74, 6) is -0.838. The fourth-order valence-electron chi connectivity index (χ4n) is 3.54. The van der Waals surface area contributed by atoms with Gasteiger partial charge < -0.3 is 14.2 Å². The number of benzene rings is 2. The summed E-state index contributed by atoms with van der Waals surface area (Å²) in [7, 11) is 3.01. The molecule has 1 aromatic heterocycles. The summed E-state index contributed by atoms with van der Waals surface area (Å²) in [5, 5.41) is 0.303. The maximum Gasteiger partial charge on any atom is 0.260 e. The monoisotopic (exact) mass is 463 g/mol. The molecule has 0 aliphatic carbocycles. The van der Waals surface area contributed by atoms with Gasteiger partial charge in [0.15, 0.2) is 22.4 Å². The summed E-state index contributed by atoms with van der Waals surface area (Å²) in [6.07, 6.45) is 0. The van der Waals surface area contributed by atoms with E-state index >= 15 is 0 Å². The molecule has 0 atom stereocenters. The summed E-state index contributed by atoms with van der Waals surface area (Å²) in [6.45, 7) is 3.72. The number of anilines is 1. The van der Waals surface area contributed by atoms with E-state index in [2.05, 4.69) is 9.88 Å². The normalized spacial score (nSPS) is 14.5. The zero-order valence-corrected chi connectivity index (χ0v) is 18.6. The van der Waals surface area contributed by atoms with Crippen molar-refractivity contribution >= 4 is 32.6 Å². The van der Waals surface area contributed by atoms with Crippen molar-refractivity contribution in [2.75, 3.05) is 58.5 Å². The Labute approximate surface area is 188 Å². The molecular formula is C22H23F2N3O4S. The van der Waals surface area contributed by atoms with Gasteiger partial charge in [-0.3, -0.25) is 14.6 Å². The minimum Gasteiger partial charge on any atom is -0.493 e. The lowest BCUT2D eigenvalue weighted by Crippen LogP contribution is -2.43. The molecule has 2 aromatic carbocycles. The Morgan fingerprint density at radius 2 is 1.91 bits per heavy atom. The highest BCUT2D eigenvalue weighted by Crippen LogP contribution is 2.33. The van der Waals surface area contributed by atoms with E-state index in [0.717, 1.165) is 30.5 Å². The number of fused-ring (bicyclic) bond motifs is 1. The first kappa shape index (κ1) is 22.4. The number of morpholine rings is 1. The molecule has 1 aliphatic heterocycles. The molecule has 1 fully saturated rings. The average molecular weight is 464 g/mol. The second-order valence-corrected chi connectivity index (χ2v) is 8.22. The molecular weight excluding hydrogens is 440 g/mol. The minimum absolute atomic E-state index is 0.0443. The number of hydrogen-bond acceptors (Lipinski definition) is 7. The van der Waals surface area contributed by atoms with Gasteiger partial charge in [0.05, 0.1) is 32.1 Å². The molecule has 32 heavy (non-hydrogen) atoms. The summed E-state index contributed by atoms with van der Waals surface area (Å²) >= 11 is 1.08. The number of aromatic nitrogens is 1. The fourth-order valence-corrected chi connectivity index (χ4v) is 4.57. The quantitative estimate of drug-likeness (QED) is 0.534. The van der Waals surface area contributed by atoms with Crippen molar-refractivity contribution in [2.24, 2.45) is 0 Å². The van der Waals surface area contributed by atoms with E-state index in [9.17, 15) is 13.6 Å². The van der Waals surface area contributed by atoms with E-state index in [1.807, 2.05) is 0 Å². The molecule has 0 radical (unpaired) electrons. The standard InChI is InChI=1S/C22H23F2N3O4S/c1-29-17-4-3-14(11-18(17)30-2)21(28)27(6-5-26-7-9-31-10-8-26)22-25-20-16(24)12-15(23)13-19(20)32-22/h3-4,11-13H,5-10H2,1-2H3. The molecule has 0 bridgehead atoms. The fraction of sp³-hybridized carbons (Fsp3) is 0.364. The van der Waals surface area contributed by atoms with Crippen LogP contribution in [0.15, 0.2) is 30.3 Å². The zero-order chi connectivity index (χ0) is 22.7. The molecule has 1 saturated heterocycles. The SMILES string of the molecule is COc1ccc(C(=O)N(CCN2CCOCC2)c2nc3c(F)cc(F)cc3s2)cc1OC. The maximum atomic E-state index is 14.3. The third-order valence-electron chi connectivity index (χ3n) is 5.25. The van der Waals surface area contributed by atoms with Crippen LogP contribution >= 0.6 is 11.3 Å². The number of halogens is 2. The molecule has 0 unspecified atom stereocenters. The van der Waals surface area contributed by atoms with Gasteiger partial charge in [-0.2, -0.15) is 0 Å². The van der Waals surface area contributed by atoms with Crippen molar-refractivity contribution in [3.8, 4) is 11.5 Å². The first-order chi connectivity index (χ1) is 15.5. The Balaban J connectivity index is 1.68. The lowest BCUT2D eigenvalue weighted by Gasteiger charge is -2.29. The highest BCUT2D eigenvalue weighted by Gasteiger charge is 2.25. The van der Waals surface area contributed by atoms with Crippen LogP contribution in [-0.4, -0.2) is 69.4 Å². The van der Waals surface area contributed by atoms with Crippen LogP contribution in [0.3, 0.4) is 0 Å². The van der Waals surface area contributed by atoms with Gasteiger partial charge in [-0.1, -0.05) is 11.3 Å². The average Bonchev–Trinajstić information content (AvgIpc) is 3.23. The Morgan fingerprint density at radius 3 is 2.62 bits per heavy atom. The number of ether oxygens (including phenoxy) is 3. The van der Waals surface area contributed by atoms with Crippen molar-refractivity contribution in [2.45, 2.75) is 0 Å². The van der Waals surface area contributed by atoms with Crippen LogP contribution in [0.1, 0.15) is 10.4 Å². The number of methoxy groups -OCH3 is 2. The van der Waals surface area contributed by atoms with E-state index in [0.29, 0.717) is 53.2 Å². The Kier molecular flexibility index (Phi) is 6.83. The molecule has 10 heteroatoms. The first-order valence-electron chi connectivity index (χ1n) is 10.1. The molecule has 0 spiro atoms. The highest BCUT2D eigenvalue weighted by molar-refractivity contribution is 7.22. The van der Waals surface area contributed by atoms with Crippen LogP contribution in [0.5, 0.6) is 11.5 Å². The summed E-state index contributed by atoms with van der Waals surface area (Å²) in [5.41, 5.74) is 0.415. The van der Waals surface area contributed by atoms with Crippen molar-refractivity contribution in [1.29, 1.82) is 0 Å². The molecule has 2 heterocycles. The van der Waals surface area contributed by atoms with E-state index in [1.54, 1.807) is 18.2 Å². The van der Waals surface area contributed by atoms with E-state index in [-0.39, 0.29) is 11.4 Å². The Bertz CT molecular complexity index is 1120. The number of carbonyl (C=O) groups is 1. The molecule has 170 valence electrons. The van der Waals surface area contributed by atoms with Crippen molar-refractivity contribution in [1.82, 2.24) is 9.88 Å². The number of carbonyl (C=O) groups excluding carboxylic acids is 1. The Hall–Kier alpha value is -2.82. The van der Waals surface area contributed by atoms with E-state index < -0.39 is 11.6 Å². The molecule has 1 aliphatic rings. The van der Waals surface area contributed by atoms with Crippen LogP contribution in [0.2, 0.25) is 0 Å². The number of amides is 1. The van der Waals surface area contributed by atoms with Gasteiger partial charge in [-0.15, -0.1) is 0 Å². The second-order valence-electron chi connectivity index (χ2n) is 7.21. The zero-order valence-electron chi connectivity index (χ0n) is 17.8. The van der Waals surface area contributed by atoms with Gasteiger partial charge in [0.2, 0.25) is 0 Å². The van der Waals surface area contributed by atoms with E-state index in [4.69, 9.17) is 14.2 Å². The molecule has 7 nitrogen and oxygen atoms in total. The topological polar surface area (TPSA) is 64.1 Å². The van der Waals surface area contributed by atoms with Crippen LogP contribution in [0, 0.1) is 11.6 Å². The predicted octanol–water partition coefficient (Wildman–Crippen LogP) is 3.57. The van der Waals surface area contributed by atoms with Crippen LogP contribution < -0.4 is 14.4 Å². The van der Waals surface area contributed by atoms with Crippen molar-refractivity contribution in [3.05, 3.63) is 47.5 Å². The van der Waals surface area contributed by atoms with Gasteiger partial charge >= 0.3 is 0 Å². The smallest absolute Gasteiger partial charge is 0.260 e. The van der Waals surface area contributed by atoms with Gasteiger partial charge in [0.1, 0.15) is 11.3 Å². The number of thiazole rings is 1. The lowest BCUT2D eigenvalue weighted by atomic mass is 10.1. The molecule has 1 amide bonds. The van der Waals surface area contributed by atoms with Crippen LogP contribution in [-0.2, 0) is 4.74 Å². The summed E-state index contributed by atoms with van der Waals surface area (Å²) < 4.78 is 44.2. The van der Waals surface area contributed by atoms with Crippen LogP contribution in [0.4, 0.5) is 13.9 Å². The molecule has 0 saturated carbocycles. The molecule has 4 rings (SSSR count). The third-order valence-corrected chi connectivity index (χ3v) is 6.28. The van der Waals surface area contributed by atoms with Gasteiger partial charge in [-0.05, 0) is 24.3 Å². The second kappa shape index (κ2) is 9.76. The van der Waals surface area contributed by atoms with Crippen molar-refractivity contribution < 1.29 is 27.8 Å².